The molecule has 5 nitrogen and oxygen atoms in total. The van der Waals surface area contributed by atoms with Crippen molar-refractivity contribution in [1.82, 2.24) is 10.3 Å². The van der Waals surface area contributed by atoms with E-state index in [1.807, 2.05) is 0 Å². The molecule has 1 aromatic heterocycles. The highest BCUT2D eigenvalue weighted by Crippen LogP contribution is 2.33. The van der Waals surface area contributed by atoms with Gasteiger partial charge in [0.05, 0.1) is 31.4 Å². The van der Waals surface area contributed by atoms with Crippen LogP contribution in [0.4, 0.5) is 27.8 Å². The minimum atomic E-state index is -4.53. The van der Waals surface area contributed by atoms with E-state index in [9.17, 15) is 22.0 Å². The van der Waals surface area contributed by atoms with Crippen molar-refractivity contribution < 1.29 is 31.4 Å². The van der Waals surface area contributed by atoms with Crippen molar-refractivity contribution in [2.24, 2.45) is 0 Å². The molecule has 10 heteroatoms. The van der Waals surface area contributed by atoms with Gasteiger partial charge in [-0.05, 0) is 13.0 Å². The summed E-state index contributed by atoms with van der Waals surface area (Å²) in [5.74, 6) is 0.00127. The SMILES string of the molecule is COc1cc(C(F)(F)F)cnc1NC[C@H]1NCC(F)(F)O[C@H]1C. The Morgan fingerprint density at radius 3 is 2.74 bits per heavy atom. The van der Waals surface area contributed by atoms with Crippen LogP contribution in [-0.2, 0) is 10.9 Å². The van der Waals surface area contributed by atoms with Gasteiger partial charge >= 0.3 is 12.3 Å². The van der Waals surface area contributed by atoms with Gasteiger partial charge in [-0.2, -0.15) is 22.0 Å². The van der Waals surface area contributed by atoms with Gasteiger partial charge in [0.1, 0.15) is 0 Å². The van der Waals surface area contributed by atoms with E-state index < -0.39 is 36.5 Å². The van der Waals surface area contributed by atoms with Gasteiger partial charge in [-0.3, -0.25) is 0 Å². The molecule has 130 valence electrons. The van der Waals surface area contributed by atoms with Gasteiger partial charge < -0.3 is 20.1 Å². The number of nitrogens with one attached hydrogen (secondary N) is 2. The number of hydrogen-bond acceptors (Lipinski definition) is 5. The van der Waals surface area contributed by atoms with Crippen molar-refractivity contribution in [1.29, 1.82) is 0 Å². The Balaban J connectivity index is 2.03. The second kappa shape index (κ2) is 6.44. The van der Waals surface area contributed by atoms with E-state index in [0.29, 0.717) is 6.20 Å². The van der Waals surface area contributed by atoms with Crippen LogP contribution in [0, 0.1) is 0 Å². The van der Waals surface area contributed by atoms with Crippen molar-refractivity contribution in [3.63, 3.8) is 0 Å². The standard InChI is InChI=1S/C13H16F5N3O2/c1-7-9(21-6-12(14,15)23-7)5-20-11-10(22-2)3-8(4-19-11)13(16,17)18/h3-4,7,9,21H,5-6H2,1-2H3,(H,19,20)/t7-,9+/m0/s1. The molecule has 2 atom stereocenters. The van der Waals surface area contributed by atoms with Crippen molar-refractivity contribution in [3.8, 4) is 5.75 Å². The summed E-state index contributed by atoms with van der Waals surface area (Å²) in [7, 11) is 1.22. The molecule has 2 rings (SSSR count). The highest BCUT2D eigenvalue weighted by Gasteiger charge is 2.40. The van der Waals surface area contributed by atoms with Gasteiger partial charge in [0.25, 0.3) is 0 Å². The summed E-state index contributed by atoms with van der Waals surface area (Å²) in [6.45, 7) is 0.969. The third-order valence-electron chi connectivity index (χ3n) is 3.38. The van der Waals surface area contributed by atoms with Gasteiger partial charge in [-0.25, -0.2) is 4.98 Å². The molecule has 1 saturated heterocycles. The highest BCUT2D eigenvalue weighted by atomic mass is 19.4. The third kappa shape index (κ3) is 4.41. The maximum atomic E-state index is 13.0. The molecular weight excluding hydrogens is 325 g/mol. The topological polar surface area (TPSA) is 55.4 Å². The fourth-order valence-electron chi connectivity index (χ4n) is 2.14. The van der Waals surface area contributed by atoms with Crippen LogP contribution in [0.3, 0.4) is 0 Å². The van der Waals surface area contributed by atoms with Crippen molar-refractivity contribution in [2.75, 3.05) is 25.5 Å². The van der Waals surface area contributed by atoms with Crippen LogP contribution < -0.4 is 15.4 Å². The highest BCUT2D eigenvalue weighted by molar-refractivity contribution is 5.51. The molecule has 1 aromatic rings. The lowest BCUT2D eigenvalue weighted by Gasteiger charge is -2.35. The Hall–Kier alpha value is -1.68. The molecule has 0 bridgehead atoms. The first kappa shape index (κ1) is 17.7. The number of methoxy groups -OCH3 is 1. The second-order valence-electron chi connectivity index (χ2n) is 5.10. The fraction of sp³-hybridized carbons (Fsp3) is 0.615. The monoisotopic (exact) mass is 341 g/mol. The Morgan fingerprint density at radius 2 is 2.17 bits per heavy atom. The van der Waals surface area contributed by atoms with E-state index in [2.05, 4.69) is 20.4 Å². The Morgan fingerprint density at radius 1 is 1.48 bits per heavy atom. The lowest BCUT2D eigenvalue weighted by atomic mass is 10.1. The minimum absolute atomic E-state index is 0.0884. The average Bonchev–Trinajstić information content (AvgIpc) is 2.44. The molecule has 0 unspecified atom stereocenters. The summed E-state index contributed by atoms with van der Waals surface area (Å²) >= 11 is 0. The largest absolute Gasteiger partial charge is 0.493 e. The predicted molar refractivity (Wildman–Crippen MR) is 71.6 cm³/mol. The molecule has 0 saturated carbocycles. The summed E-state index contributed by atoms with van der Waals surface area (Å²) in [4.78, 5) is 3.68. The lowest BCUT2D eigenvalue weighted by Crippen LogP contribution is -2.57. The Labute approximate surface area is 129 Å². The number of nitrogens with zero attached hydrogens (tertiary/aromatic N) is 1. The maximum Gasteiger partial charge on any atom is 0.418 e. The zero-order valence-corrected chi connectivity index (χ0v) is 12.4. The number of rotatable bonds is 4. The Bertz CT molecular complexity index is 553. The molecule has 0 aliphatic carbocycles. The molecule has 0 radical (unpaired) electrons. The number of alkyl halides is 5. The lowest BCUT2D eigenvalue weighted by molar-refractivity contribution is -0.278. The second-order valence-corrected chi connectivity index (χ2v) is 5.10. The minimum Gasteiger partial charge on any atom is -0.493 e. The van der Waals surface area contributed by atoms with E-state index in [1.165, 1.54) is 14.0 Å². The van der Waals surface area contributed by atoms with Gasteiger partial charge in [0, 0.05) is 12.7 Å². The van der Waals surface area contributed by atoms with E-state index in [1.54, 1.807) is 0 Å². The van der Waals surface area contributed by atoms with Crippen molar-refractivity contribution in [2.45, 2.75) is 31.4 Å². The third-order valence-corrected chi connectivity index (χ3v) is 3.38. The zero-order chi connectivity index (χ0) is 17.3. The van der Waals surface area contributed by atoms with E-state index >= 15 is 0 Å². The normalized spacial score (nSPS) is 24.3. The van der Waals surface area contributed by atoms with E-state index in [-0.39, 0.29) is 18.1 Å². The van der Waals surface area contributed by atoms with Crippen molar-refractivity contribution in [3.05, 3.63) is 17.8 Å². The summed E-state index contributed by atoms with van der Waals surface area (Å²) in [6, 6.07) is 0.362. The van der Waals surface area contributed by atoms with Crippen LogP contribution >= 0.6 is 0 Å². The number of aromatic nitrogens is 1. The smallest absolute Gasteiger partial charge is 0.418 e. The molecule has 0 amide bonds. The number of halogens is 5. The molecule has 23 heavy (non-hydrogen) atoms. The molecule has 0 aromatic carbocycles. The summed E-state index contributed by atoms with van der Waals surface area (Å²) in [5.41, 5.74) is -0.938. The fourth-order valence-corrected chi connectivity index (χ4v) is 2.14. The van der Waals surface area contributed by atoms with Crippen LogP contribution in [0.5, 0.6) is 5.75 Å². The van der Waals surface area contributed by atoms with Crippen LogP contribution in [0.15, 0.2) is 12.3 Å². The van der Waals surface area contributed by atoms with Gasteiger partial charge in [-0.15, -0.1) is 0 Å². The van der Waals surface area contributed by atoms with Crippen LogP contribution in [0.25, 0.3) is 0 Å². The summed E-state index contributed by atoms with van der Waals surface area (Å²) in [6.07, 6.45) is -7.88. The molecule has 2 heterocycles. The number of anilines is 1. The van der Waals surface area contributed by atoms with E-state index in [4.69, 9.17) is 4.74 Å². The molecule has 2 N–H and O–H groups in total. The number of morpholine rings is 1. The number of ether oxygens (including phenoxy) is 2. The van der Waals surface area contributed by atoms with Gasteiger partial charge in [-0.1, -0.05) is 0 Å². The quantitative estimate of drug-likeness (QED) is 0.824. The first-order valence-electron chi connectivity index (χ1n) is 6.76. The predicted octanol–water partition coefficient (Wildman–Crippen LogP) is 2.49. The number of hydrogen-bond donors (Lipinski definition) is 2. The molecule has 1 fully saturated rings. The molecule has 0 spiro atoms. The van der Waals surface area contributed by atoms with Gasteiger partial charge in [0.15, 0.2) is 11.6 Å². The summed E-state index contributed by atoms with van der Waals surface area (Å²) < 4.78 is 73.4. The maximum absolute atomic E-state index is 13.0. The molecular formula is C13H16F5N3O2. The Kier molecular flexibility index (Phi) is 4.95. The molecule has 1 aliphatic rings. The first-order chi connectivity index (χ1) is 10.6. The van der Waals surface area contributed by atoms with Gasteiger partial charge in [0.2, 0.25) is 0 Å². The summed E-state index contributed by atoms with van der Waals surface area (Å²) in [5, 5.41) is 5.40. The van der Waals surface area contributed by atoms with Crippen molar-refractivity contribution >= 4 is 5.82 Å². The van der Waals surface area contributed by atoms with Crippen LogP contribution in [0.1, 0.15) is 12.5 Å². The average molecular weight is 341 g/mol. The zero-order valence-electron chi connectivity index (χ0n) is 12.4. The van der Waals surface area contributed by atoms with Crippen LogP contribution in [-0.4, -0.2) is 43.4 Å². The first-order valence-corrected chi connectivity index (χ1v) is 6.76. The molecule has 1 aliphatic heterocycles. The van der Waals surface area contributed by atoms with E-state index in [0.717, 1.165) is 6.07 Å². The number of pyridine rings is 1. The van der Waals surface area contributed by atoms with Crippen LogP contribution in [0.2, 0.25) is 0 Å².